The second-order valence-electron chi connectivity index (χ2n) is 5.48. The van der Waals surface area contributed by atoms with Crippen LogP contribution in [0.2, 0.25) is 0 Å². The number of nitrogens with zero attached hydrogens (tertiary/aromatic N) is 1. The summed E-state index contributed by atoms with van der Waals surface area (Å²) in [5, 5.41) is 4.27. The van der Waals surface area contributed by atoms with Crippen LogP contribution in [0.3, 0.4) is 0 Å². The maximum absolute atomic E-state index is 12.4. The van der Waals surface area contributed by atoms with E-state index in [1.54, 1.807) is 23.5 Å². The highest BCUT2D eigenvalue weighted by Gasteiger charge is 2.20. The summed E-state index contributed by atoms with van der Waals surface area (Å²) in [6.07, 6.45) is 2.07. The zero-order valence-corrected chi connectivity index (χ0v) is 17.7. The standard InChI is InChI=1S/C19H28N2OS3/c1-6-10-16(15(4)23-7-2)21-14(3)19(22)25-13-24-18-12-9-8-11-17(18)20-5/h8-9,11-12,14,16,21H,4-7,10,13H2,1-3H3. The van der Waals surface area contributed by atoms with Gasteiger partial charge in [-0.15, -0.1) is 23.5 Å². The van der Waals surface area contributed by atoms with Gasteiger partial charge in [-0.2, -0.15) is 0 Å². The molecule has 0 bridgehead atoms. The summed E-state index contributed by atoms with van der Waals surface area (Å²) in [4.78, 5) is 18.6. The predicted octanol–water partition coefficient (Wildman–Crippen LogP) is 5.74. The zero-order chi connectivity index (χ0) is 18.7. The van der Waals surface area contributed by atoms with Gasteiger partial charge in [-0.05, 0) is 42.9 Å². The summed E-state index contributed by atoms with van der Waals surface area (Å²) >= 11 is 4.72. The third kappa shape index (κ3) is 8.03. The molecule has 2 unspecified atom stereocenters. The number of benzene rings is 1. The smallest absolute Gasteiger partial charge is 0.206 e. The quantitative estimate of drug-likeness (QED) is 0.277. The third-order valence-electron chi connectivity index (χ3n) is 3.55. The van der Waals surface area contributed by atoms with Crippen LogP contribution in [0, 0.1) is 0 Å². The molecule has 0 aliphatic rings. The van der Waals surface area contributed by atoms with E-state index in [0.29, 0.717) is 5.08 Å². The van der Waals surface area contributed by atoms with Gasteiger partial charge in [0.1, 0.15) is 0 Å². The van der Waals surface area contributed by atoms with Gasteiger partial charge >= 0.3 is 0 Å². The largest absolute Gasteiger partial charge is 0.300 e. The first kappa shape index (κ1) is 22.4. The number of thioether (sulfide) groups is 3. The number of hydrogen-bond donors (Lipinski definition) is 1. The maximum Gasteiger partial charge on any atom is 0.206 e. The summed E-state index contributed by atoms with van der Waals surface area (Å²) in [5.41, 5.74) is 0.864. The van der Waals surface area contributed by atoms with Crippen LogP contribution in [0.15, 0.2) is 45.6 Å². The van der Waals surface area contributed by atoms with Crippen LogP contribution in [0.5, 0.6) is 0 Å². The minimum atomic E-state index is -0.191. The van der Waals surface area contributed by atoms with Crippen molar-refractivity contribution in [2.24, 2.45) is 4.99 Å². The van der Waals surface area contributed by atoms with E-state index in [-0.39, 0.29) is 17.2 Å². The fraction of sp³-hybridized carbons (Fsp3) is 0.474. The molecule has 0 saturated heterocycles. The number of carbonyl (C=O) groups is 1. The molecule has 138 valence electrons. The molecule has 1 rings (SSSR count). The number of rotatable bonds is 12. The molecule has 1 aromatic rings. The summed E-state index contributed by atoms with van der Waals surface area (Å²) in [6.45, 7) is 14.0. The Hall–Kier alpha value is -0.690. The lowest BCUT2D eigenvalue weighted by molar-refractivity contribution is -0.112. The van der Waals surface area contributed by atoms with Crippen LogP contribution in [0.25, 0.3) is 0 Å². The molecule has 1 aromatic carbocycles. The van der Waals surface area contributed by atoms with Gasteiger partial charge in [0.25, 0.3) is 0 Å². The lowest BCUT2D eigenvalue weighted by Crippen LogP contribution is -2.41. The lowest BCUT2D eigenvalue weighted by Gasteiger charge is -2.23. The highest BCUT2D eigenvalue weighted by atomic mass is 32.2. The van der Waals surface area contributed by atoms with Crippen molar-refractivity contribution in [1.82, 2.24) is 5.32 Å². The number of para-hydroxylation sites is 1. The molecule has 0 fully saturated rings. The topological polar surface area (TPSA) is 41.5 Å². The molecule has 25 heavy (non-hydrogen) atoms. The highest BCUT2D eigenvalue weighted by Crippen LogP contribution is 2.31. The van der Waals surface area contributed by atoms with Crippen LogP contribution in [-0.2, 0) is 4.79 Å². The molecule has 0 spiro atoms. The summed E-state index contributed by atoms with van der Waals surface area (Å²) in [6, 6.07) is 7.84. The maximum atomic E-state index is 12.4. The van der Waals surface area contributed by atoms with Gasteiger partial charge in [0.15, 0.2) is 0 Å². The van der Waals surface area contributed by atoms with Gasteiger partial charge in [0, 0.05) is 10.9 Å². The molecular weight excluding hydrogens is 368 g/mol. The van der Waals surface area contributed by atoms with Crippen LogP contribution < -0.4 is 5.32 Å². The highest BCUT2D eigenvalue weighted by molar-refractivity contribution is 8.24. The summed E-state index contributed by atoms with van der Waals surface area (Å²) in [5.74, 6) is 1.01. The first-order valence-electron chi connectivity index (χ1n) is 8.46. The van der Waals surface area contributed by atoms with Crippen molar-refractivity contribution in [1.29, 1.82) is 0 Å². The zero-order valence-electron chi connectivity index (χ0n) is 15.3. The number of nitrogens with one attached hydrogen (secondary N) is 1. The van der Waals surface area contributed by atoms with Crippen molar-refractivity contribution in [3.63, 3.8) is 0 Å². The van der Waals surface area contributed by atoms with E-state index < -0.39 is 0 Å². The molecule has 0 aromatic heterocycles. The van der Waals surface area contributed by atoms with E-state index in [2.05, 4.69) is 37.5 Å². The van der Waals surface area contributed by atoms with E-state index in [1.807, 2.05) is 31.2 Å². The Kier molecular flexibility index (Phi) is 11.3. The molecule has 3 nitrogen and oxygen atoms in total. The van der Waals surface area contributed by atoms with E-state index in [0.717, 1.165) is 34.1 Å². The van der Waals surface area contributed by atoms with Crippen molar-refractivity contribution < 1.29 is 4.79 Å². The van der Waals surface area contributed by atoms with Crippen LogP contribution in [0.4, 0.5) is 5.69 Å². The van der Waals surface area contributed by atoms with E-state index in [9.17, 15) is 4.79 Å². The van der Waals surface area contributed by atoms with Gasteiger partial charge in [0.05, 0.1) is 16.8 Å². The molecule has 0 aliphatic carbocycles. The predicted molar refractivity (Wildman–Crippen MR) is 118 cm³/mol. The number of hydrogen-bond acceptors (Lipinski definition) is 6. The van der Waals surface area contributed by atoms with Gasteiger partial charge in [-0.25, -0.2) is 0 Å². The molecule has 0 saturated carbocycles. The number of aliphatic imine (C=N–C) groups is 1. The van der Waals surface area contributed by atoms with Crippen LogP contribution in [-0.4, -0.2) is 34.8 Å². The van der Waals surface area contributed by atoms with E-state index in [1.165, 1.54) is 11.8 Å². The van der Waals surface area contributed by atoms with Crippen molar-refractivity contribution in [2.45, 2.75) is 50.6 Å². The molecule has 6 heteroatoms. The average Bonchev–Trinajstić information content (AvgIpc) is 2.61. The monoisotopic (exact) mass is 396 g/mol. The van der Waals surface area contributed by atoms with Gasteiger partial charge < -0.3 is 0 Å². The number of carbonyl (C=O) groups excluding carboxylic acids is 1. The molecule has 1 N–H and O–H groups in total. The van der Waals surface area contributed by atoms with Crippen molar-refractivity contribution in [3.8, 4) is 0 Å². The summed E-state index contributed by atoms with van der Waals surface area (Å²) in [7, 11) is 0. The minimum absolute atomic E-state index is 0.159. The van der Waals surface area contributed by atoms with Crippen LogP contribution >= 0.6 is 35.3 Å². The van der Waals surface area contributed by atoms with Crippen molar-refractivity contribution in [2.75, 3.05) is 10.8 Å². The van der Waals surface area contributed by atoms with Crippen molar-refractivity contribution >= 4 is 52.8 Å². The molecular formula is C19H28N2OS3. The lowest BCUT2D eigenvalue weighted by atomic mass is 10.1. The Morgan fingerprint density at radius 2 is 2.00 bits per heavy atom. The molecule has 0 radical (unpaired) electrons. The molecule has 0 amide bonds. The van der Waals surface area contributed by atoms with E-state index >= 15 is 0 Å². The average molecular weight is 397 g/mol. The first-order chi connectivity index (χ1) is 12.0. The fourth-order valence-electron chi connectivity index (χ4n) is 2.27. The Bertz CT molecular complexity index is 578. The minimum Gasteiger partial charge on any atom is -0.300 e. The summed E-state index contributed by atoms with van der Waals surface area (Å²) < 4.78 is 0. The third-order valence-corrected chi connectivity index (χ3v) is 6.73. The second-order valence-corrected chi connectivity index (χ2v) is 9.23. The second kappa shape index (κ2) is 12.6. The molecule has 0 heterocycles. The Morgan fingerprint density at radius 1 is 1.28 bits per heavy atom. The Labute approximate surface area is 164 Å². The van der Waals surface area contributed by atoms with Crippen LogP contribution in [0.1, 0.15) is 33.6 Å². The Morgan fingerprint density at radius 3 is 2.64 bits per heavy atom. The fourth-order valence-corrected chi connectivity index (χ4v) is 5.01. The SMILES string of the molecule is C=Nc1ccccc1SCSC(=O)C(C)NC(CCC)C(=C)SCC. The van der Waals surface area contributed by atoms with Crippen molar-refractivity contribution in [3.05, 3.63) is 35.7 Å². The molecule has 2 atom stereocenters. The molecule has 0 aliphatic heterocycles. The normalized spacial score (nSPS) is 13.2. The van der Waals surface area contributed by atoms with E-state index in [4.69, 9.17) is 0 Å². The first-order valence-corrected chi connectivity index (χ1v) is 11.4. The van der Waals surface area contributed by atoms with Gasteiger partial charge in [-0.3, -0.25) is 15.1 Å². The van der Waals surface area contributed by atoms with Gasteiger partial charge in [0.2, 0.25) is 5.12 Å². The Balaban J connectivity index is 2.49. The van der Waals surface area contributed by atoms with Gasteiger partial charge in [-0.1, -0.05) is 50.7 Å².